The average Bonchev–Trinajstić information content (AvgIpc) is 2.09. The molecule has 0 aromatic carbocycles. The average molecular weight is 218 g/mol. The highest BCUT2D eigenvalue weighted by atomic mass is 16.7. The molecule has 86 valence electrons. The van der Waals surface area contributed by atoms with Crippen LogP contribution in [0, 0.1) is 5.92 Å². The smallest absolute Gasteiger partial charge is 0.450 e. The number of carboxylic acid groups (broad SMARTS) is 2. The van der Waals surface area contributed by atoms with E-state index >= 15 is 0 Å². The molecule has 6 nitrogen and oxygen atoms in total. The van der Waals surface area contributed by atoms with Gasteiger partial charge >= 0.3 is 12.3 Å². The van der Waals surface area contributed by atoms with Gasteiger partial charge in [0.1, 0.15) is 12.2 Å². The molecule has 3 atom stereocenters. The van der Waals surface area contributed by atoms with Gasteiger partial charge in [-0.05, 0) is 18.8 Å². The van der Waals surface area contributed by atoms with E-state index < -0.39 is 24.5 Å². The second kappa shape index (κ2) is 4.86. The van der Waals surface area contributed by atoms with Crippen LogP contribution in [0.25, 0.3) is 0 Å². The van der Waals surface area contributed by atoms with Crippen molar-refractivity contribution in [3.8, 4) is 0 Å². The molecular weight excluding hydrogens is 204 g/mol. The van der Waals surface area contributed by atoms with E-state index in [4.69, 9.17) is 10.2 Å². The van der Waals surface area contributed by atoms with Crippen molar-refractivity contribution in [1.29, 1.82) is 0 Å². The summed E-state index contributed by atoms with van der Waals surface area (Å²) in [7, 11) is 0. The van der Waals surface area contributed by atoms with Crippen LogP contribution in [-0.4, -0.2) is 34.7 Å². The highest BCUT2D eigenvalue weighted by Crippen LogP contribution is 2.28. The molecular formula is C9H14O6. The molecule has 0 amide bonds. The summed E-state index contributed by atoms with van der Waals surface area (Å²) in [6, 6.07) is 0. The summed E-state index contributed by atoms with van der Waals surface area (Å²) >= 11 is 0. The molecule has 6 heteroatoms. The summed E-state index contributed by atoms with van der Waals surface area (Å²) in [4.78, 5) is 20.7. The van der Waals surface area contributed by atoms with E-state index in [1.54, 1.807) is 0 Å². The van der Waals surface area contributed by atoms with Crippen LogP contribution < -0.4 is 0 Å². The van der Waals surface area contributed by atoms with Crippen molar-refractivity contribution in [2.45, 2.75) is 38.4 Å². The van der Waals surface area contributed by atoms with Gasteiger partial charge in [0.2, 0.25) is 0 Å². The summed E-state index contributed by atoms with van der Waals surface area (Å²) in [5.41, 5.74) is 0. The Labute approximate surface area is 86.8 Å². The Bertz CT molecular complexity index is 251. The zero-order chi connectivity index (χ0) is 11.4. The first kappa shape index (κ1) is 11.6. The fraction of sp³-hybridized carbons (Fsp3) is 0.778. The highest BCUT2D eigenvalue weighted by molar-refractivity contribution is 5.57. The van der Waals surface area contributed by atoms with E-state index in [1.165, 1.54) is 0 Å². The van der Waals surface area contributed by atoms with Gasteiger partial charge in [-0.15, -0.1) is 0 Å². The van der Waals surface area contributed by atoms with E-state index in [1.807, 2.05) is 6.92 Å². The van der Waals surface area contributed by atoms with Crippen LogP contribution in [0.3, 0.4) is 0 Å². The van der Waals surface area contributed by atoms with Crippen LogP contribution in [0.1, 0.15) is 26.2 Å². The second-order valence-electron chi connectivity index (χ2n) is 3.72. The van der Waals surface area contributed by atoms with Crippen LogP contribution in [-0.2, 0) is 9.47 Å². The van der Waals surface area contributed by atoms with Crippen molar-refractivity contribution in [2.24, 2.45) is 5.92 Å². The molecule has 0 aliphatic heterocycles. The molecule has 0 heterocycles. The molecule has 0 saturated heterocycles. The quantitative estimate of drug-likeness (QED) is 0.688. The Balaban J connectivity index is 2.47. The molecule has 1 fully saturated rings. The summed E-state index contributed by atoms with van der Waals surface area (Å²) in [6.45, 7) is 1.88. The lowest BCUT2D eigenvalue weighted by molar-refractivity contribution is -0.0388. The number of hydrogen-bond donors (Lipinski definition) is 2. The van der Waals surface area contributed by atoms with Crippen LogP contribution in [0.2, 0.25) is 0 Å². The topological polar surface area (TPSA) is 93.1 Å². The second-order valence-corrected chi connectivity index (χ2v) is 3.72. The van der Waals surface area contributed by atoms with Gasteiger partial charge in [-0.3, -0.25) is 0 Å². The van der Waals surface area contributed by atoms with Crippen LogP contribution in [0.4, 0.5) is 9.59 Å². The molecule has 0 spiro atoms. The lowest BCUT2D eigenvalue weighted by Crippen LogP contribution is -2.36. The Morgan fingerprint density at radius 2 is 1.73 bits per heavy atom. The minimum Gasteiger partial charge on any atom is -0.450 e. The largest absolute Gasteiger partial charge is 0.506 e. The van der Waals surface area contributed by atoms with E-state index in [0.717, 1.165) is 0 Å². The van der Waals surface area contributed by atoms with Crippen molar-refractivity contribution in [2.75, 3.05) is 0 Å². The van der Waals surface area contributed by atoms with Crippen LogP contribution in [0.15, 0.2) is 0 Å². The molecule has 1 rings (SSSR count). The van der Waals surface area contributed by atoms with E-state index in [2.05, 4.69) is 9.47 Å². The molecule has 1 aliphatic rings. The van der Waals surface area contributed by atoms with Gasteiger partial charge in [0.25, 0.3) is 0 Å². The first-order chi connectivity index (χ1) is 6.99. The van der Waals surface area contributed by atoms with Gasteiger partial charge in [-0.1, -0.05) is 6.92 Å². The maximum Gasteiger partial charge on any atom is 0.506 e. The SMILES string of the molecule is CC1CCC(OC(=O)O)CC1OC(=O)O. The van der Waals surface area contributed by atoms with Crippen LogP contribution >= 0.6 is 0 Å². The highest BCUT2D eigenvalue weighted by Gasteiger charge is 2.32. The first-order valence-electron chi connectivity index (χ1n) is 4.78. The Kier molecular flexibility index (Phi) is 3.76. The number of rotatable bonds is 2. The fourth-order valence-electron chi connectivity index (χ4n) is 1.79. The molecule has 0 aromatic heterocycles. The van der Waals surface area contributed by atoms with E-state index in [-0.39, 0.29) is 5.92 Å². The van der Waals surface area contributed by atoms with Gasteiger partial charge in [-0.2, -0.15) is 0 Å². The zero-order valence-electron chi connectivity index (χ0n) is 8.38. The van der Waals surface area contributed by atoms with Gasteiger partial charge < -0.3 is 19.7 Å². The van der Waals surface area contributed by atoms with Crippen molar-refractivity contribution in [1.82, 2.24) is 0 Å². The molecule has 1 aliphatic carbocycles. The molecule has 0 aromatic rings. The van der Waals surface area contributed by atoms with E-state index in [0.29, 0.717) is 19.3 Å². The van der Waals surface area contributed by atoms with Crippen molar-refractivity contribution >= 4 is 12.3 Å². The monoisotopic (exact) mass is 218 g/mol. The van der Waals surface area contributed by atoms with Gasteiger partial charge in [0, 0.05) is 6.42 Å². The van der Waals surface area contributed by atoms with Crippen LogP contribution in [0.5, 0.6) is 0 Å². The molecule has 15 heavy (non-hydrogen) atoms. The third kappa shape index (κ3) is 3.65. The minimum atomic E-state index is -1.33. The first-order valence-corrected chi connectivity index (χ1v) is 4.78. The molecule has 0 radical (unpaired) electrons. The molecule has 1 saturated carbocycles. The molecule has 0 bridgehead atoms. The number of carbonyl (C=O) groups is 2. The lowest BCUT2D eigenvalue weighted by Gasteiger charge is -2.31. The minimum absolute atomic E-state index is 0.106. The summed E-state index contributed by atoms with van der Waals surface area (Å²) in [5.74, 6) is 0.106. The Morgan fingerprint density at radius 1 is 1.13 bits per heavy atom. The predicted octanol–water partition coefficient (Wildman–Crippen LogP) is 1.93. The van der Waals surface area contributed by atoms with Gasteiger partial charge in [0.15, 0.2) is 0 Å². The van der Waals surface area contributed by atoms with Crippen molar-refractivity contribution in [3.05, 3.63) is 0 Å². The lowest BCUT2D eigenvalue weighted by atomic mass is 9.86. The van der Waals surface area contributed by atoms with Crippen molar-refractivity contribution < 1.29 is 29.3 Å². The molecule has 2 N–H and O–H groups in total. The molecule has 3 unspecified atom stereocenters. The third-order valence-electron chi connectivity index (χ3n) is 2.59. The Hall–Kier alpha value is -1.46. The maximum atomic E-state index is 10.4. The van der Waals surface area contributed by atoms with Gasteiger partial charge in [0.05, 0.1) is 0 Å². The predicted molar refractivity (Wildman–Crippen MR) is 48.8 cm³/mol. The zero-order valence-corrected chi connectivity index (χ0v) is 8.38. The maximum absolute atomic E-state index is 10.4. The fourth-order valence-corrected chi connectivity index (χ4v) is 1.79. The normalized spacial score (nSPS) is 30.6. The standard InChI is InChI=1S/C9H14O6/c1-5-2-3-6(14-8(10)11)4-7(5)15-9(12)13/h5-7H,2-4H2,1H3,(H,10,11)(H,12,13). The van der Waals surface area contributed by atoms with Gasteiger partial charge in [-0.25, -0.2) is 9.59 Å². The number of hydrogen-bond acceptors (Lipinski definition) is 4. The third-order valence-corrected chi connectivity index (χ3v) is 2.59. The van der Waals surface area contributed by atoms with Crippen molar-refractivity contribution in [3.63, 3.8) is 0 Å². The Morgan fingerprint density at radius 3 is 2.27 bits per heavy atom. The van der Waals surface area contributed by atoms with E-state index in [9.17, 15) is 9.59 Å². The number of ether oxygens (including phenoxy) is 2. The summed E-state index contributed by atoms with van der Waals surface area (Å²) < 4.78 is 9.25. The summed E-state index contributed by atoms with van der Waals surface area (Å²) in [5, 5.41) is 16.9. The summed E-state index contributed by atoms with van der Waals surface area (Å²) in [6.07, 6.45) is -1.96.